The summed E-state index contributed by atoms with van der Waals surface area (Å²) in [6, 6.07) is 2.09. The zero-order valence-electron chi connectivity index (χ0n) is 19.9. The molecule has 11 nitrogen and oxygen atoms in total. The minimum Gasteiger partial charge on any atom is -0.493 e. The quantitative estimate of drug-likeness (QED) is 0.450. The summed E-state index contributed by atoms with van der Waals surface area (Å²) in [7, 11) is 4.46. The number of carbonyl (C=O) groups is 3. The fourth-order valence-corrected chi connectivity index (χ4v) is 4.38. The molecule has 0 bridgehead atoms. The van der Waals surface area contributed by atoms with Crippen molar-refractivity contribution in [2.24, 2.45) is 11.7 Å². The fourth-order valence-electron chi connectivity index (χ4n) is 4.38. The van der Waals surface area contributed by atoms with E-state index >= 15 is 0 Å². The monoisotopic (exact) mass is 476 g/mol. The van der Waals surface area contributed by atoms with Gasteiger partial charge >= 0.3 is 12.0 Å². The number of ether oxygens (including phenoxy) is 4. The summed E-state index contributed by atoms with van der Waals surface area (Å²) in [5.41, 5.74) is 6.66. The Morgan fingerprint density at radius 1 is 1.09 bits per heavy atom. The van der Waals surface area contributed by atoms with E-state index in [4.69, 9.17) is 24.7 Å². The van der Waals surface area contributed by atoms with Gasteiger partial charge in [0.2, 0.25) is 11.7 Å². The van der Waals surface area contributed by atoms with Crippen LogP contribution in [0.25, 0.3) is 0 Å². The standard InChI is InChI=1S/C23H32N4O7/c1-5-34-22(29)17-15(12-27-10-8-13(9-11-27)21(24)28)25-23(30)26-18(17)14-6-7-16(31-2)20(33-4)19(14)32-3/h6-7,13,18H,5,8-12H2,1-4H3,(H2,24,28)(H2,25,26,30)/t18-/m1/s1. The molecule has 0 saturated carbocycles. The molecule has 1 fully saturated rings. The van der Waals surface area contributed by atoms with Crippen molar-refractivity contribution in [2.75, 3.05) is 47.6 Å². The van der Waals surface area contributed by atoms with E-state index in [0.717, 1.165) is 0 Å². The third-order valence-electron chi connectivity index (χ3n) is 6.07. The average molecular weight is 477 g/mol. The summed E-state index contributed by atoms with van der Waals surface area (Å²) in [5, 5.41) is 5.58. The Labute approximate surface area is 198 Å². The van der Waals surface area contributed by atoms with E-state index in [1.165, 1.54) is 21.3 Å². The molecular formula is C23H32N4O7. The van der Waals surface area contributed by atoms with Gasteiger partial charge in [-0.2, -0.15) is 0 Å². The first kappa shape index (κ1) is 25.2. The number of rotatable bonds is 9. The van der Waals surface area contributed by atoms with Crippen LogP contribution in [0.2, 0.25) is 0 Å². The zero-order valence-corrected chi connectivity index (χ0v) is 19.9. The van der Waals surface area contributed by atoms with Crippen molar-refractivity contribution in [1.29, 1.82) is 0 Å². The van der Waals surface area contributed by atoms with E-state index in [1.54, 1.807) is 19.1 Å². The lowest BCUT2D eigenvalue weighted by Crippen LogP contribution is -2.49. The molecular weight excluding hydrogens is 444 g/mol. The van der Waals surface area contributed by atoms with Crippen LogP contribution in [-0.4, -0.2) is 70.4 Å². The number of benzene rings is 1. The number of nitrogens with two attached hydrogens (primary N) is 1. The van der Waals surface area contributed by atoms with Crippen molar-refractivity contribution in [3.8, 4) is 17.2 Å². The van der Waals surface area contributed by atoms with Gasteiger partial charge in [-0.1, -0.05) is 0 Å². The van der Waals surface area contributed by atoms with Crippen molar-refractivity contribution >= 4 is 17.9 Å². The summed E-state index contributed by atoms with van der Waals surface area (Å²) in [6.07, 6.45) is 1.24. The van der Waals surface area contributed by atoms with Crippen molar-refractivity contribution < 1.29 is 33.3 Å². The molecule has 3 rings (SSSR count). The predicted molar refractivity (Wildman–Crippen MR) is 123 cm³/mol. The molecule has 11 heteroatoms. The Hall–Kier alpha value is -3.47. The van der Waals surface area contributed by atoms with Gasteiger partial charge in [0.1, 0.15) is 0 Å². The Morgan fingerprint density at radius 2 is 1.76 bits per heavy atom. The number of nitrogens with one attached hydrogen (secondary N) is 2. The van der Waals surface area contributed by atoms with Crippen LogP contribution in [0.5, 0.6) is 17.2 Å². The van der Waals surface area contributed by atoms with Gasteiger partial charge in [0.15, 0.2) is 11.5 Å². The topological polar surface area (TPSA) is 141 Å². The number of hydrogen-bond donors (Lipinski definition) is 3. The Kier molecular flexibility index (Phi) is 8.21. The molecule has 4 N–H and O–H groups in total. The summed E-state index contributed by atoms with van der Waals surface area (Å²) < 4.78 is 21.8. The molecule has 2 heterocycles. The maximum atomic E-state index is 13.1. The van der Waals surface area contributed by atoms with Gasteiger partial charge in [-0.05, 0) is 45.0 Å². The molecule has 0 radical (unpaired) electrons. The lowest BCUT2D eigenvalue weighted by Gasteiger charge is -2.35. The smallest absolute Gasteiger partial charge is 0.338 e. The number of piperidine rings is 1. The summed E-state index contributed by atoms with van der Waals surface area (Å²) in [6.45, 7) is 3.41. The van der Waals surface area contributed by atoms with E-state index in [9.17, 15) is 14.4 Å². The highest BCUT2D eigenvalue weighted by Gasteiger charge is 2.37. The second kappa shape index (κ2) is 11.1. The van der Waals surface area contributed by atoms with Crippen molar-refractivity contribution in [1.82, 2.24) is 15.5 Å². The maximum absolute atomic E-state index is 13.1. The molecule has 1 aromatic rings. The second-order valence-corrected chi connectivity index (χ2v) is 8.02. The lowest BCUT2D eigenvalue weighted by molar-refractivity contribution is -0.139. The largest absolute Gasteiger partial charge is 0.493 e. The number of primary amides is 1. The molecule has 3 amide bonds. The highest BCUT2D eigenvalue weighted by molar-refractivity contribution is 5.95. The highest BCUT2D eigenvalue weighted by atomic mass is 16.5. The Bertz CT molecular complexity index is 970. The van der Waals surface area contributed by atoms with Gasteiger partial charge in [0, 0.05) is 23.7 Å². The maximum Gasteiger partial charge on any atom is 0.338 e. The number of nitrogens with zero attached hydrogens (tertiary/aromatic N) is 1. The SMILES string of the molecule is CCOC(=O)C1=C(CN2CCC(C(N)=O)CC2)NC(=O)N[C@@H]1c1ccc(OC)c(OC)c1OC. The van der Waals surface area contributed by atoms with Crippen LogP contribution in [0.15, 0.2) is 23.4 Å². The first-order valence-corrected chi connectivity index (χ1v) is 11.1. The van der Waals surface area contributed by atoms with Crippen molar-refractivity contribution in [2.45, 2.75) is 25.8 Å². The van der Waals surface area contributed by atoms with E-state index in [-0.39, 0.29) is 24.0 Å². The number of carbonyl (C=O) groups excluding carboxylic acids is 3. The summed E-state index contributed by atoms with van der Waals surface area (Å²) in [5.74, 6) is 0.0930. The number of amides is 3. The summed E-state index contributed by atoms with van der Waals surface area (Å²) >= 11 is 0. The number of methoxy groups -OCH3 is 3. The van der Waals surface area contributed by atoms with Gasteiger partial charge in [-0.25, -0.2) is 9.59 Å². The van der Waals surface area contributed by atoms with E-state index in [1.807, 2.05) is 0 Å². The van der Waals surface area contributed by atoms with Gasteiger partial charge in [0.05, 0.1) is 39.6 Å². The molecule has 1 aromatic carbocycles. The van der Waals surface area contributed by atoms with Crippen LogP contribution in [0.1, 0.15) is 31.4 Å². The molecule has 0 aromatic heterocycles. The minimum absolute atomic E-state index is 0.166. The number of likely N-dealkylation sites (tertiary alicyclic amines) is 1. The first-order chi connectivity index (χ1) is 16.3. The van der Waals surface area contributed by atoms with E-state index in [2.05, 4.69) is 15.5 Å². The second-order valence-electron chi connectivity index (χ2n) is 8.02. The molecule has 1 atom stereocenters. The third-order valence-corrected chi connectivity index (χ3v) is 6.07. The molecule has 0 unspecified atom stereocenters. The highest BCUT2D eigenvalue weighted by Crippen LogP contribution is 2.44. The minimum atomic E-state index is -0.847. The molecule has 0 aliphatic carbocycles. The van der Waals surface area contributed by atoms with E-state index < -0.39 is 18.0 Å². The van der Waals surface area contributed by atoms with E-state index in [0.29, 0.717) is 61.0 Å². The van der Waals surface area contributed by atoms with Gasteiger partial charge < -0.3 is 35.3 Å². The Balaban J connectivity index is 2.03. The Morgan fingerprint density at radius 3 is 2.32 bits per heavy atom. The van der Waals surface area contributed by atoms with Crippen molar-refractivity contribution in [3.05, 3.63) is 29.0 Å². The van der Waals surface area contributed by atoms with Crippen LogP contribution < -0.4 is 30.6 Å². The molecule has 0 spiro atoms. The van der Waals surface area contributed by atoms with Crippen LogP contribution >= 0.6 is 0 Å². The molecule has 2 aliphatic heterocycles. The van der Waals surface area contributed by atoms with Gasteiger partial charge in [0.25, 0.3) is 0 Å². The zero-order chi connectivity index (χ0) is 24.8. The van der Waals surface area contributed by atoms with Gasteiger partial charge in [-0.15, -0.1) is 0 Å². The average Bonchev–Trinajstić information content (AvgIpc) is 2.82. The molecule has 2 aliphatic rings. The number of hydrogen-bond acceptors (Lipinski definition) is 8. The third kappa shape index (κ3) is 5.19. The normalized spacial score (nSPS) is 19.2. The lowest BCUT2D eigenvalue weighted by atomic mass is 9.92. The number of esters is 1. The molecule has 1 saturated heterocycles. The molecule has 186 valence electrons. The molecule has 34 heavy (non-hydrogen) atoms. The van der Waals surface area contributed by atoms with Crippen LogP contribution in [-0.2, 0) is 14.3 Å². The summed E-state index contributed by atoms with van der Waals surface area (Å²) in [4.78, 5) is 39.3. The number of urea groups is 1. The first-order valence-electron chi connectivity index (χ1n) is 11.1. The van der Waals surface area contributed by atoms with Crippen LogP contribution in [0.3, 0.4) is 0 Å². The van der Waals surface area contributed by atoms with Gasteiger partial charge in [-0.3, -0.25) is 9.69 Å². The van der Waals surface area contributed by atoms with Crippen LogP contribution in [0.4, 0.5) is 4.79 Å². The van der Waals surface area contributed by atoms with Crippen LogP contribution in [0, 0.1) is 5.92 Å². The predicted octanol–water partition coefficient (Wildman–Crippen LogP) is 1.08. The van der Waals surface area contributed by atoms with Crippen molar-refractivity contribution in [3.63, 3.8) is 0 Å². The fraction of sp³-hybridized carbons (Fsp3) is 0.522.